The Hall–Kier alpha value is 0.310. The van der Waals surface area contributed by atoms with Crippen LogP contribution in [0.4, 0.5) is 0 Å². The van der Waals surface area contributed by atoms with Crippen LogP contribution in [0.1, 0.15) is 40.0 Å². The minimum Gasteiger partial charge on any atom is -0.372 e. The fourth-order valence-corrected chi connectivity index (χ4v) is 2.94. The van der Waals surface area contributed by atoms with E-state index in [1.165, 1.54) is 0 Å². The lowest BCUT2D eigenvalue weighted by molar-refractivity contribution is 0.0210. The Balaban J connectivity index is 2.29. The molecule has 0 radical (unpaired) electrons. The minimum atomic E-state index is -0.729. The van der Waals surface area contributed by atoms with Crippen LogP contribution in [0.15, 0.2) is 0 Å². The third-order valence-corrected chi connectivity index (χ3v) is 3.66. The predicted molar refractivity (Wildman–Crippen MR) is 63.2 cm³/mol. The minimum absolute atomic E-state index is 0.234. The average Bonchev–Trinajstić information content (AvgIpc) is 2.55. The summed E-state index contributed by atoms with van der Waals surface area (Å²) in [4.78, 5) is 0. The van der Waals surface area contributed by atoms with Crippen LogP contribution >= 0.6 is 8.38 Å². The van der Waals surface area contributed by atoms with Gasteiger partial charge in [-0.2, -0.15) is 0 Å². The maximum atomic E-state index is 5.90. The van der Waals surface area contributed by atoms with Crippen molar-refractivity contribution in [3.63, 3.8) is 0 Å². The predicted octanol–water partition coefficient (Wildman–Crippen LogP) is 3.33. The quantitative estimate of drug-likeness (QED) is 0.660. The average molecular weight is 234 g/mol. The molecule has 90 valence electrons. The molecule has 0 N–H and O–H groups in total. The highest BCUT2D eigenvalue weighted by Crippen LogP contribution is 2.40. The first kappa shape index (κ1) is 13.4. The molecule has 0 aromatic rings. The number of rotatable bonds is 6. The second-order valence-electron chi connectivity index (χ2n) is 4.05. The zero-order chi connectivity index (χ0) is 11.3. The van der Waals surface area contributed by atoms with Crippen molar-refractivity contribution in [1.29, 1.82) is 0 Å². The van der Waals surface area contributed by atoms with E-state index in [9.17, 15) is 0 Å². The Bertz CT molecular complexity index is 177. The van der Waals surface area contributed by atoms with E-state index < -0.39 is 8.38 Å². The van der Waals surface area contributed by atoms with E-state index in [-0.39, 0.29) is 12.2 Å². The lowest BCUT2D eigenvalue weighted by atomic mass is 10.1. The van der Waals surface area contributed by atoms with Crippen molar-refractivity contribution in [2.24, 2.45) is 0 Å². The van der Waals surface area contributed by atoms with E-state index >= 15 is 0 Å². The number of hydrogen-bond donors (Lipinski definition) is 0. The molecule has 0 spiro atoms. The fourth-order valence-electron chi connectivity index (χ4n) is 1.83. The molecule has 15 heavy (non-hydrogen) atoms. The van der Waals surface area contributed by atoms with Gasteiger partial charge in [-0.05, 0) is 19.8 Å². The maximum Gasteiger partial charge on any atom is 0.167 e. The third-order valence-electron chi connectivity index (χ3n) is 2.55. The highest BCUT2D eigenvalue weighted by atomic mass is 31.2. The van der Waals surface area contributed by atoms with Crippen molar-refractivity contribution < 1.29 is 13.8 Å². The fraction of sp³-hybridized carbons (Fsp3) is 1.00. The van der Waals surface area contributed by atoms with Gasteiger partial charge in [-0.25, -0.2) is 0 Å². The van der Waals surface area contributed by atoms with Crippen molar-refractivity contribution in [2.75, 3.05) is 13.3 Å². The van der Waals surface area contributed by atoms with Gasteiger partial charge in [-0.3, -0.25) is 0 Å². The van der Waals surface area contributed by atoms with Crippen molar-refractivity contribution in [3.05, 3.63) is 0 Å². The van der Waals surface area contributed by atoms with Crippen LogP contribution in [-0.2, 0) is 13.8 Å². The van der Waals surface area contributed by atoms with Crippen molar-refractivity contribution >= 4 is 8.38 Å². The Morgan fingerprint density at radius 3 is 2.73 bits per heavy atom. The second-order valence-corrected chi connectivity index (χ2v) is 5.39. The van der Waals surface area contributed by atoms with E-state index in [0.29, 0.717) is 6.10 Å². The van der Waals surface area contributed by atoms with Crippen LogP contribution in [-0.4, -0.2) is 31.6 Å². The Morgan fingerprint density at radius 2 is 2.13 bits per heavy atom. The van der Waals surface area contributed by atoms with Crippen molar-refractivity contribution in [1.82, 2.24) is 0 Å². The summed E-state index contributed by atoms with van der Waals surface area (Å²) in [6.45, 7) is 9.18. The molecule has 3 nitrogen and oxygen atoms in total. The highest BCUT2D eigenvalue weighted by Gasteiger charge is 2.33. The summed E-state index contributed by atoms with van der Waals surface area (Å²) in [5, 5.41) is 0. The van der Waals surface area contributed by atoms with Crippen LogP contribution < -0.4 is 0 Å². The van der Waals surface area contributed by atoms with Crippen molar-refractivity contribution in [3.8, 4) is 0 Å². The summed E-state index contributed by atoms with van der Waals surface area (Å²) in [5.74, 6) is 0. The normalized spacial score (nSPS) is 33.2. The SMILES string of the molecule is CCCOP(C)OC1CC(C)OC1CC. The molecule has 0 saturated carbocycles. The van der Waals surface area contributed by atoms with Gasteiger partial charge < -0.3 is 13.8 Å². The van der Waals surface area contributed by atoms with E-state index in [2.05, 4.69) is 20.8 Å². The topological polar surface area (TPSA) is 27.7 Å². The van der Waals surface area contributed by atoms with Gasteiger partial charge in [0.05, 0.1) is 24.9 Å². The largest absolute Gasteiger partial charge is 0.372 e. The van der Waals surface area contributed by atoms with Crippen LogP contribution in [0, 0.1) is 0 Å². The summed E-state index contributed by atoms with van der Waals surface area (Å²) < 4.78 is 17.2. The monoisotopic (exact) mass is 234 g/mol. The van der Waals surface area contributed by atoms with Gasteiger partial charge in [0.1, 0.15) is 0 Å². The Labute approximate surface area is 94.4 Å². The second kappa shape index (κ2) is 6.80. The summed E-state index contributed by atoms with van der Waals surface area (Å²) in [5.41, 5.74) is 0. The molecule has 1 fully saturated rings. The summed E-state index contributed by atoms with van der Waals surface area (Å²) in [7, 11) is -0.729. The molecule has 0 aromatic carbocycles. The molecule has 0 aliphatic carbocycles. The van der Waals surface area contributed by atoms with Crippen LogP contribution in [0.3, 0.4) is 0 Å². The van der Waals surface area contributed by atoms with Crippen LogP contribution in [0.2, 0.25) is 0 Å². The molecular formula is C11H23O3P. The van der Waals surface area contributed by atoms with Gasteiger partial charge >= 0.3 is 0 Å². The standard InChI is InChI=1S/C11H23O3P/c1-5-7-12-15(4)14-11-8-9(3)13-10(11)6-2/h9-11H,5-8H2,1-4H3. The van der Waals surface area contributed by atoms with Gasteiger partial charge in [-0.15, -0.1) is 0 Å². The summed E-state index contributed by atoms with van der Waals surface area (Å²) in [6.07, 6.45) is 3.89. The maximum absolute atomic E-state index is 5.90. The number of ether oxygens (including phenoxy) is 1. The molecule has 1 heterocycles. The summed E-state index contributed by atoms with van der Waals surface area (Å²) >= 11 is 0. The molecule has 1 rings (SSSR count). The zero-order valence-electron chi connectivity index (χ0n) is 10.2. The molecule has 4 heteroatoms. The van der Waals surface area contributed by atoms with E-state index in [4.69, 9.17) is 13.8 Å². The number of hydrogen-bond acceptors (Lipinski definition) is 3. The molecule has 4 unspecified atom stereocenters. The lowest BCUT2D eigenvalue weighted by Gasteiger charge is -2.21. The molecule has 1 saturated heterocycles. The first-order valence-electron chi connectivity index (χ1n) is 5.86. The Morgan fingerprint density at radius 1 is 1.40 bits per heavy atom. The molecular weight excluding hydrogens is 211 g/mol. The third kappa shape index (κ3) is 4.36. The van der Waals surface area contributed by atoms with E-state index in [1.54, 1.807) is 0 Å². The van der Waals surface area contributed by atoms with Crippen molar-refractivity contribution in [2.45, 2.75) is 58.3 Å². The van der Waals surface area contributed by atoms with Crippen LogP contribution in [0.5, 0.6) is 0 Å². The smallest absolute Gasteiger partial charge is 0.167 e. The molecule has 4 atom stereocenters. The first-order chi connectivity index (χ1) is 7.17. The Kier molecular flexibility index (Phi) is 6.06. The zero-order valence-corrected chi connectivity index (χ0v) is 11.1. The molecule has 0 aromatic heterocycles. The van der Waals surface area contributed by atoms with Gasteiger partial charge in [0, 0.05) is 13.1 Å². The van der Waals surface area contributed by atoms with E-state index in [1.807, 2.05) is 6.66 Å². The van der Waals surface area contributed by atoms with E-state index in [0.717, 1.165) is 25.9 Å². The van der Waals surface area contributed by atoms with Crippen LogP contribution in [0.25, 0.3) is 0 Å². The van der Waals surface area contributed by atoms with Gasteiger partial charge in [-0.1, -0.05) is 13.8 Å². The van der Waals surface area contributed by atoms with Gasteiger partial charge in [0.2, 0.25) is 0 Å². The summed E-state index contributed by atoms with van der Waals surface area (Å²) in [6, 6.07) is 0. The lowest BCUT2D eigenvalue weighted by Crippen LogP contribution is -2.22. The highest BCUT2D eigenvalue weighted by molar-refractivity contribution is 7.46. The molecule has 1 aliphatic rings. The first-order valence-corrected chi connectivity index (χ1v) is 7.48. The van der Waals surface area contributed by atoms with Gasteiger partial charge in [0.25, 0.3) is 0 Å². The molecule has 1 aliphatic heterocycles. The van der Waals surface area contributed by atoms with Gasteiger partial charge in [0.15, 0.2) is 8.38 Å². The molecule has 0 bridgehead atoms. The molecule has 0 amide bonds.